The Morgan fingerprint density at radius 3 is 1.11 bits per heavy atom. The molecule has 4 N–H and O–H groups in total. The molecule has 118 valence electrons. The molecule has 0 aromatic heterocycles. The first kappa shape index (κ1) is 42.8. The maximum atomic E-state index is 9.25. The predicted molar refractivity (Wildman–Crippen MR) is 78.2 cm³/mol. The minimum absolute atomic E-state index is 0. The Labute approximate surface area is 134 Å². The van der Waals surface area contributed by atoms with Crippen molar-refractivity contribution in [2.75, 3.05) is 19.8 Å². The van der Waals surface area contributed by atoms with E-state index in [0.717, 1.165) is 12.5 Å². The van der Waals surface area contributed by atoms with Crippen LogP contribution in [0, 0.1) is 14.4 Å². The molecule has 19 heavy (non-hydrogen) atoms. The van der Waals surface area contributed by atoms with E-state index < -0.39 is 5.97 Å². The van der Waals surface area contributed by atoms with Crippen LogP contribution in [-0.4, -0.2) is 46.2 Å². The van der Waals surface area contributed by atoms with Crippen molar-refractivity contribution in [2.45, 2.75) is 34.1 Å². The fourth-order valence-corrected chi connectivity index (χ4v) is 0. The topological polar surface area (TPSA) is 98.0 Å². The third kappa shape index (κ3) is 1370. The molecule has 5 nitrogen and oxygen atoms in total. The molecule has 0 amide bonds. The van der Waals surface area contributed by atoms with Gasteiger partial charge in [0.25, 0.3) is 0 Å². The fourth-order valence-electron chi connectivity index (χ4n) is 0. The SMILES string of the molecule is C=CC(=O)O.CCO.CCO.CCO.[CH2-]CC.[CH3-].[Ti+2]. The molecular formula is C13H32O5Ti. The van der Waals surface area contributed by atoms with Crippen molar-refractivity contribution in [3.63, 3.8) is 0 Å². The van der Waals surface area contributed by atoms with Gasteiger partial charge in [-0.1, -0.05) is 13.5 Å². The number of rotatable bonds is 1. The third-order valence-electron chi connectivity index (χ3n) is 0.175. The number of hydrogen-bond donors (Lipinski definition) is 4. The van der Waals surface area contributed by atoms with Gasteiger partial charge in [0, 0.05) is 25.9 Å². The Balaban J connectivity index is -0.0000000189. The molecule has 0 bridgehead atoms. The van der Waals surface area contributed by atoms with E-state index >= 15 is 0 Å². The smallest absolute Gasteiger partial charge is 0.478 e. The average Bonchev–Trinajstić information content (AvgIpc) is 2.22. The van der Waals surface area contributed by atoms with E-state index in [-0.39, 0.29) is 49.0 Å². The van der Waals surface area contributed by atoms with Crippen LogP contribution in [0.2, 0.25) is 0 Å². The summed E-state index contributed by atoms with van der Waals surface area (Å²) in [7, 11) is 0. The Kier molecular flexibility index (Phi) is 186. The molecule has 0 aromatic rings. The van der Waals surface area contributed by atoms with Gasteiger partial charge in [-0.15, -0.1) is 0 Å². The molecule has 0 aliphatic carbocycles. The van der Waals surface area contributed by atoms with Gasteiger partial charge < -0.3 is 34.8 Å². The molecule has 0 aliphatic rings. The zero-order valence-electron chi connectivity index (χ0n) is 13.0. The van der Waals surface area contributed by atoms with Crippen LogP contribution in [0.3, 0.4) is 0 Å². The summed E-state index contributed by atoms with van der Waals surface area (Å²) in [5.41, 5.74) is 0. The van der Waals surface area contributed by atoms with E-state index in [1.54, 1.807) is 20.8 Å². The number of aliphatic hydroxyl groups excluding tert-OH is 3. The monoisotopic (exact) mass is 316 g/mol. The van der Waals surface area contributed by atoms with Crippen LogP contribution >= 0.6 is 0 Å². The van der Waals surface area contributed by atoms with Crippen molar-refractivity contribution in [1.82, 2.24) is 0 Å². The average molecular weight is 316 g/mol. The number of hydrogen-bond acceptors (Lipinski definition) is 4. The number of carbonyl (C=O) groups is 1. The molecule has 0 radical (unpaired) electrons. The Morgan fingerprint density at radius 2 is 1.11 bits per heavy atom. The van der Waals surface area contributed by atoms with Crippen LogP contribution in [0.1, 0.15) is 34.1 Å². The van der Waals surface area contributed by atoms with E-state index in [0.29, 0.717) is 0 Å². The van der Waals surface area contributed by atoms with Gasteiger partial charge in [0.1, 0.15) is 0 Å². The van der Waals surface area contributed by atoms with E-state index in [2.05, 4.69) is 13.5 Å². The summed E-state index contributed by atoms with van der Waals surface area (Å²) < 4.78 is 0. The summed E-state index contributed by atoms with van der Waals surface area (Å²) in [6.07, 6.45) is 1.83. The molecule has 6 heteroatoms. The summed E-state index contributed by atoms with van der Waals surface area (Å²) in [6, 6.07) is 0. The Morgan fingerprint density at radius 1 is 1.05 bits per heavy atom. The van der Waals surface area contributed by atoms with Crippen LogP contribution in [0.5, 0.6) is 0 Å². The minimum atomic E-state index is -0.981. The summed E-state index contributed by atoms with van der Waals surface area (Å²) in [6.45, 7) is 14.3. The zero-order valence-corrected chi connectivity index (χ0v) is 14.6. The molecule has 0 rings (SSSR count). The zero-order chi connectivity index (χ0) is 15.1. The van der Waals surface area contributed by atoms with Crippen LogP contribution in [0.4, 0.5) is 0 Å². The molecule has 0 heterocycles. The summed E-state index contributed by atoms with van der Waals surface area (Å²) in [5.74, 6) is -0.981. The van der Waals surface area contributed by atoms with E-state index in [4.69, 9.17) is 20.4 Å². The molecule has 0 saturated carbocycles. The summed E-state index contributed by atoms with van der Waals surface area (Å²) in [4.78, 5) is 9.25. The molecular weight excluding hydrogens is 284 g/mol. The molecule has 0 aliphatic heterocycles. The standard InChI is InChI=1S/C3H4O2.C3H7.3C2H6O.CH3.Ti/c1-2-3(4)5;1-3-2;3*1-2-3;;/h2H,1H2,(H,4,5);1,3H2,2H3;3*3H,2H2,1H3;1H3;/q;-1;;;;-1;+2. The predicted octanol–water partition coefficient (Wildman–Crippen LogP) is 1.93. The van der Waals surface area contributed by atoms with Crippen LogP contribution in [0.15, 0.2) is 12.7 Å². The largest absolute Gasteiger partial charge is 2.00 e. The number of carboxylic acids is 1. The van der Waals surface area contributed by atoms with Crippen LogP contribution in [-0.2, 0) is 26.5 Å². The quantitative estimate of drug-likeness (QED) is 0.337. The molecule has 0 atom stereocenters. The summed E-state index contributed by atoms with van der Waals surface area (Å²) in [5, 5.41) is 30.3. The van der Waals surface area contributed by atoms with Crippen molar-refractivity contribution >= 4 is 5.97 Å². The van der Waals surface area contributed by atoms with E-state index in [1.165, 1.54) is 0 Å². The normalized spacial score (nSPS) is 5.47. The first-order valence-electron chi connectivity index (χ1n) is 5.40. The van der Waals surface area contributed by atoms with Gasteiger partial charge in [-0.05, 0) is 20.8 Å². The number of aliphatic carboxylic acids is 1. The second-order valence-electron chi connectivity index (χ2n) is 1.99. The third-order valence-corrected chi connectivity index (χ3v) is 0.175. The van der Waals surface area contributed by atoms with Crippen molar-refractivity contribution in [1.29, 1.82) is 0 Å². The molecule has 0 aromatic carbocycles. The maximum absolute atomic E-state index is 9.25. The second kappa shape index (κ2) is 82.5. The van der Waals surface area contributed by atoms with Crippen LogP contribution < -0.4 is 0 Å². The fraction of sp³-hybridized carbons (Fsp3) is 0.615. The van der Waals surface area contributed by atoms with Gasteiger partial charge >= 0.3 is 27.7 Å². The van der Waals surface area contributed by atoms with E-state index in [1.807, 2.05) is 6.92 Å². The van der Waals surface area contributed by atoms with E-state index in [9.17, 15) is 4.79 Å². The van der Waals surface area contributed by atoms with Crippen LogP contribution in [0.25, 0.3) is 0 Å². The van der Waals surface area contributed by atoms with Gasteiger partial charge in [0.2, 0.25) is 0 Å². The van der Waals surface area contributed by atoms with Gasteiger partial charge in [0.15, 0.2) is 0 Å². The van der Waals surface area contributed by atoms with Gasteiger partial charge in [-0.3, -0.25) is 0 Å². The van der Waals surface area contributed by atoms with Crippen molar-refractivity contribution in [3.05, 3.63) is 27.0 Å². The molecule has 0 fully saturated rings. The van der Waals surface area contributed by atoms with Crippen molar-refractivity contribution in [3.8, 4) is 0 Å². The molecule has 0 spiro atoms. The van der Waals surface area contributed by atoms with Crippen molar-refractivity contribution < 1.29 is 46.9 Å². The molecule has 0 saturated heterocycles. The van der Waals surface area contributed by atoms with Gasteiger partial charge in [0.05, 0.1) is 0 Å². The van der Waals surface area contributed by atoms with Crippen molar-refractivity contribution in [2.24, 2.45) is 0 Å². The summed E-state index contributed by atoms with van der Waals surface area (Å²) >= 11 is 0. The minimum Gasteiger partial charge on any atom is -0.478 e. The number of aliphatic hydroxyl groups is 3. The maximum Gasteiger partial charge on any atom is 2.00 e. The second-order valence-corrected chi connectivity index (χ2v) is 1.99. The Hall–Kier alpha value is -0.196. The first-order chi connectivity index (χ1) is 7.93. The molecule has 0 unspecified atom stereocenters. The van der Waals surface area contributed by atoms with Gasteiger partial charge in [-0.2, -0.15) is 6.42 Å². The first-order valence-corrected chi connectivity index (χ1v) is 5.40. The Bertz CT molecular complexity index is 103. The number of carboxylic acid groups (broad SMARTS) is 1. The van der Waals surface area contributed by atoms with Gasteiger partial charge in [-0.25, -0.2) is 4.79 Å².